The Labute approximate surface area is 113 Å². The van der Waals surface area contributed by atoms with Crippen LogP contribution in [0.3, 0.4) is 0 Å². The molecule has 0 N–H and O–H groups in total. The molecule has 0 radical (unpaired) electrons. The molecule has 2 nitrogen and oxygen atoms in total. The first-order valence-electron chi connectivity index (χ1n) is 4.99. The van der Waals surface area contributed by atoms with E-state index in [2.05, 4.69) is 19.5 Å². The van der Waals surface area contributed by atoms with Crippen molar-refractivity contribution in [1.82, 2.24) is 0 Å². The van der Waals surface area contributed by atoms with Crippen LogP contribution >= 0.6 is 16.1 Å². The molecule has 0 amide bonds. The highest BCUT2D eigenvalue weighted by Gasteiger charge is 2.25. The van der Waals surface area contributed by atoms with Crippen molar-refractivity contribution >= 4 is 37.6 Å². The van der Waals surface area contributed by atoms with Crippen molar-refractivity contribution in [1.29, 1.82) is 0 Å². The van der Waals surface area contributed by atoms with Crippen LogP contribution in [0.25, 0.3) is 0 Å². The van der Waals surface area contributed by atoms with E-state index in [-0.39, 0.29) is 10.7 Å². The fraction of sp³-hybridized carbons (Fsp3) is 0. The molecule has 0 saturated carbocycles. The molecule has 0 spiro atoms. The molecule has 0 saturated heterocycles. The second-order valence-electron chi connectivity index (χ2n) is 3.52. The van der Waals surface area contributed by atoms with E-state index < -0.39 is 10.8 Å². The summed E-state index contributed by atoms with van der Waals surface area (Å²) in [6.07, 6.45) is 0. The number of halogens is 1. The zero-order valence-corrected chi connectivity index (χ0v) is 11.9. The molecule has 3 rings (SSSR count). The van der Waals surface area contributed by atoms with Gasteiger partial charge in [-0.25, -0.2) is 4.21 Å². The Bertz CT molecular complexity index is 603. The predicted molar refractivity (Wildman–Crippen MR) is 72.8 cm³/mol. The van der Waals surface area contributed by atoms with Gasteiger partial charge in [0.1, 0.15) is 0 Å². The Hall–Kier alpha value is -0.780. The summed E-state index contributed by atoms with van der Waals surface area (Å²) in [7, 11) is -1.46. The van der Waals surface area contributed by atoms with Crippen LogP contribution in [-0.4, -0.2) is 4.21 Å². The topological polar surface area (TPSA) is 29.4 Å². The van der Waals surface area contributed by atoms with Gasteiger partial charge in [0.25, 0.3) is 0 Å². The van der Waals surface area contributed by atoms with Crippen molar-refractivity contribution in [3.63, 3.8) is 0 Å². The zero-order valence-electron chi connectivity index (χ0n) is 8.67. The summed E-state index contributed by atoms with van der Waals surface area (Å²) in [5.74, 6) is 0. The lowest BCUT2D eigenvalue weighted by molar-refractivity contribution is 0.679. The quantitative estimate of drug-likeness (QED) is 0.619. The normalized spacial score (nSPS) is 21.5. The van der Waals surface area contributed by atoms with Crippen molar-refractivity contribution in [2.45, 2.75) is 19.6 Å². The van der Waals surface area contributed by atoms with Crippen molar-refractivity contribution in [3.05, 3.63) is 48.5 Å². The Morgan fingerprint density at radius 1 is 0.824 bits per heavy atom. The van der Waals surface area contributed by atoms with Gasteiger partial charge in [-0.3, -0.25) is 0 Å². The molecule has 17 heavy (non-hydrogen) atoms. The van der Waals surface area contributed by atoms with E-state index in [0.717, 1.165) is 19.6 Å². The fourth-order valence-electron chi connectivity index (χ4n) is 1.84. The standard InChI is InChI=1S/C12H8BrNOS2/c13-14-16-9-5-1-3-7-11(9)17(15)12-8-4-2-6-10(12)16/h1-8H. The number of benzene rings is 2. The lowest BCUT2D eigenvalue weighted by atomic mass is 10.3. The first-order chi connectivity index (χ1) is 8.33. The van der Waals surface area contributed by atoms with Crippen LogP contribution in [-0.2, 0) is 21.5 Å². The molecule has 0 fully saturated rings. The largest absolute Gasteiger partial charge is 0.249 e. The predicted octanol–water partition coefficient (Wildman–Crippen LogP) is 3.70. The number of rotatable bonds is 0. The summed E-state index contributed by atoms with van der Waals surface area (Å²) in [5.41, 5.74) is 0. The van der Waals surface area contributed by atoms with E-state index in [0.29, 0.717) is 0 Å². The molecule has 0 unspecified atom stereocenters. The average Bonchev–Trinajstić information content (AvgIpc) is 2.40. The summed E-state index contributed by atoms with van der Waals surface area (Å²) in [6.45, 7) is 0. The van der Waals surface area contributed by atoms with Crippen LogP contribution < -0.4 is 0 Å². The molecule has 1 aliphatic heterocycles. The fourth-order valence-corrected chi connectivity index (χ4v) is 6.16. The Balaban J connectivity index is 2.37. The van der Waals surface area contributed by atoms with Crippen LogP contribution in [0.5, 0.6) is 0 Å². The van der Waals surface area contributed by atoms with Crippen LogP contribution in [0.2, 0.25) is 0 Å². The lowest BCUT2D eigenvalue weighted by Crippen LogP contribution is -2.09. The molecule has 0 aromatic heterocycles. The zero-order chi connectivity index (χ0) is 11.8. The SMILES string of the molecule is O=S1c2ccccc2S(=NBr)c2ccccc21. The number of fused-ring (bicyclic) bond motifs is 2. The summed E-state index contributed by atoms with van der Waals surface area (Å²) < 4.78 is 16.7. The Kier molecular flexibility index (Phi) is 2.98. The third kappa shape index (κ3) is 1.73. The lowest BCUT2D eigenvalue weighted by Gasteiger charge is -2.20. The van der Waals surface area contributed by atoms with Gasteiger partial charge in [0.2, 0.25) is 0 Å². The Morgan fingerprint density at radius 3 is 1.65 bits per heavy atom. The highest BCUT2D eigenvalue weighted by molar-refractivity contribution is 9.09. The molecule has 5 heteroatoms. The second kappa shape index (κ2) is 4.48. The summed E-state index contributed by atoms with van der Waals surface area (Å²) >= 11 is 3.21. The van der Waals surface area contributed by atoms with Crippen LogP contribution in [0.15, 0.2) is 71.5 Å². The first kappa shape index (κ1) is 11.3. The molecule has 2 aromatic carbocycles. The van der Waals surface area contributed by atoms with Crippen LogP contribution in [0, 0.1) is 0 Å². The molecule has 86 valence electrons. The maximum atomic E-state index is 12.4. The van der Waals surface area contributed by atoms with Crippen molar-refractivity contribution < 1.29 is 4.21 Å². The molecular formula is C12H8BrNOS2. The Morgan fingerprint density at radius 2 is 1.24 bits per heavy atom. The van der Waals surface area contributed by atoms with Gasteiger partial charge in [-0.2, -0.15) is 3.39 Å². The van der Waals surface area contributed by atoms with Gasteiger partial charge in [-0.1, -0.05) is 24.3 Å². The van der Waals surface area contributed by atoms with E-state index in [1.54, 1.807) is 0 Å². The number of hydrogen-bond donors (Lipinski definition) is 0. The third-order valence-electron chi connectivity index (χ3n) is 2.58. The van der Waals surface area contributed by atoms with E-state index in [9.17, 15) is 4.21 Å². The van der Waals surface area contributed by atoms with Gasteiger partial charge in [0.05, 0.1) is 36.7 Å². The maximum Gasteiger partial charge on any atom is 0.0873 e. The summed E-state index contributed by atoms with van der Waals surface area (Å²) in [6, 6.07) is 15.6. The van der Waals surface area contributed by atoms with Gasteiger partial charge in [-0.15, -0.1) is 0 Å². The van der Waals surface area contributed by atoms with Crippen LogP contribution in [0.1, 0.15) is 0 Å². The van der Waals surface area contributed by atoms with Gasteiger partial charge in [0, 0.05) is 9.79 Å². The number of nitrogens with zero attached hydrogens (tertiary/aromatic N) is 1. The highest BCUT2D eigenvalue weighted by atomic mass is 79.9. The van der Waals surface area contributed by atoms with Gasteiger partial charge < -0.3 is 0 Å². The first-order valence-corrected chi connectivity index (χ1v) is 8.03. The molecule has 0 bridgehead atoms. The molecule has 0 atom stereocenters. The monoisotopic (exact) mass is 325 g/mol. The average molecular weight is 326 g/mol. The molecule has 2 aromatic rings. The number of hydrogen-bond acceptors (Lipinski definition) is 2. The van der Waals surface area contributed by atoms with Crippen molar-refractivity contribution in [2.24, 2.45) is 3.39 Å². The summed E-state index contributed by atoms with van der Waals surface area (Å²) in [5, 5.41) is 0. The minimum Gasteiger partial charge on any atom is -0.249 e. The van der Waals surface area contributed by atoms with E-state index in [4.69, 9.17) is 0 Å². The van der Waals surface area contributed by atoms with Crippen molar-refractivity contribution in [3.8, 4) is 0 Å². The van der Waals surface area contributed by atoms with E-state index >= 15 is 0 Å². The minimum atomic E-state index is -1.09. The maximum absolute atomic E-state index is 12.4. The molecular weight excluding hydrogens is 318 g/mol. The van der Waals surface area contributed by atoms with Gasteiger partial charge in [-0.05, 0) is 35.0 Å². The van der Waals surface area contributed by atoms with Crippen molar-refractivity contribution in [2.75, 3.05) is 0 Å². The third-order valence-corrected chi connectivity index (χ3v) is 6.90. The minimum absolute atomic E-state index is 0.374. The second-order valence-corrected chi connectivity index (χ2v) is 7.39. The van der Waals surface area contributed by atoms with E-state index in [1.165, 1.54) is 0 Å². The molecule has 1 heterocycles. The van der Waals surface area contributed by atoms with E-state index in [1.807, 2.05) is 48.5 Å². The summed E-state index contributed by atoms with van der Waals surface area (Å²) in [4.78, 5) is 3.83. The van der Waals surface area contributed by atoms with Gasteiger partial charge in [0.15, 0.2) is 0 Å². The highest BCUT2D eigenvalue weighted by Crippen LogP contribution is 2.36. The van der Waals surface area contributed by atoms with Crippen LogP contribution in [0.4, 0.5) is 0 Å². The molecule has 1 aliphatic rings. The molecule has 0 aliphatic carbocycles. The van der Waals surface area contributed by atoms with Gasteiger partial charge >= 0.3 is 0 Å². The smallest absolute Gasteiger partial charge is 0.0873 e.